The number of rotatable bonds is 4. The van der Waals surface area contributed by atoms with Crippen molar-refractivity contribution in [3.63, 3.8) is 0 Å². The molecule has 2 unspecified atom stereocenters. The predicted molar refractivity (Wildman–Crippen MR) is 85.6 cm³/mol. The predicted octanol–water partition coefficient (Wildman–Crippen LogP) is 1.01. The first-order chi connectivity index (χ1) is 11.5. The Kier molecular flexibility index (Phi) is 4.32. The zero-order valence-corrected chi connectivity index (χ0v) is 13.4. The fourth-order valence-electron chi connectivity index (χ4n) is 3.36. The summed E-state index contributed by atoms with van der Waals surface area (Å²) in [6, 6.07) is 4.91. The smallest absolute Gasteiger partial charge is 0.255 e. The van der Waals surface area contributed by atoms with Crippen molar-refractivity contribution in [1.82, 2.24) is 10.2 Å². The summed E-state index contributed by atoms with van der Waals surface area (Å²) in [5.74, 6) is 0.932. The number of benzene rings is 1. The van der Waals surface area contributed by atoms with Crippen molar-refractivity contribution in [1.29, 1.82) is 0 Å². The lowest BCUT2D eigenvalue weighted by Crippen LogP contribution is -2.52. The van der Waals surface area contributed by atoms with Crippen molar-refractivity contribution in [2.75, 3.05) is 0 Å². The van der Waals surface area contributed by atoms with Crippen LogP contribution in [0.25, 0.3) is 0 Å². The van der Waals surface area contributed by atoms with Crippen LogP contribution in [0.4, 0.5) is 0 Å². The molecule has 0 aliphatic carbocycles. The lowest BCUT2D eigenvalue weighted by molar-refractivity contribution is -0.136. The number of nitrogens with one attached hydrogen (secondary N) is 1. The van der Waals surface area contributed by atoms with Crippen LogP contribution in [0.5, 0.6) is 0 Å². The molecule has 6 heteroatoms. The topological polar surface area (TPSA) is 83.6 Å². The van der Waals surface area contributed by atoms with Crippen molar-refractivity contribution in [3.8, 4) is 0 Å². The average molecular weight is 326 g/mol. The Balaban J connectivity index is 1.86. The molecular formula is C18H18N2O4. The summed E-state index contributed by atoms with van der Waals surface area (Å²) < 4.78 is 0. The van der Waals surface area contributed by atoms with Gasteiger partial charge in [-0.1, -0.05) is 19.1 Å². The van der Waals surface area contributed by atoms with Crippen LogP contribution >= 0.6 is 0 Å². The van der Waals surface area contributed by atoms with Gasteiger partial charge in [-0.25, -0.2) is 4.79 Å². The van der Waals surface area contributed by atoms with Gasteiger partial charge in [-0.05, 0) is 36.0 Å². The van der Waals surface area contributed by atoms with Gasteiger partial charge in [0.15, 0.2) is 0 Å². The number of allylic oxidation sites excluding steroid dienone is 1. The fourth-order valence-corrected chi connectivity index (χ4v) is 3.36. The average Bonchev–Trinajstić information content (AvgIpc) is 2.86. The number of hydrogen-bond acceptors (Lipinski definition) is 4. The second kappa shape index (κ2) is 6.42. The van der Waals surface area contributed by atoms with E-state index in [9.17, 15) is 19.2 Å². The standard InChI is InChI=1S/C18H18N2O4/c1-11(7-8-21)9-12-3-2-4-13-14(12)10-20(18(13)24)15-5-6-16(22)19-17(15)23/h2-4,7,11,15H,5-6,9-10H2,1H3,(H,19,22,23). The Morgan fingerprint density at radius 3 is 2.88 bits per heavy atom. The molecule has 1 aromatic carbocycles. The summed E-state index contributed by atoms with van der Waals surface area (Å²) in [6.07, 6.45) is 2.69. The zero-order valence-electron chi connectivity index (χ0n) is 13.4. The Morgan fingerprint density at radius 2 is 2.17 bits per heavy atom. The highest BCUT2D eigenvalue weighted by molar-refractivity contribution is 6.05. The van der Waals surface area contributed by atoms with Gasteiger partial charge in [0.25, 0.3) is 5.91 Å². The summed E-state index contributed by atoms with van der Waals surface area (Å²) in [7, 11) is 0. The summed E-state index contributed by atoms with van der Waals surface area (Å²) in [4.78, 5) is 48.1. The maximum atomic E-state index is 12.7. The van der Waals surface area contributed by atoms with Crippen LogP contribution in [0.15, 0.2) is 24.3 Å². The normalized spacial score (nSPS) is 21.1. The Hall–Kier alpha value is -2.72. The minimum Gasteiger partial charge on any atom is -0.322 e. The summed E-state index contributed by atoms with van der Waals surface area (Å²) in [6.45, 7) is 2.27. The monoisotopic (exact) mass is 326 g/mol. The SMILES string of the molecule is CC(C=C=O)Cc1cccc2c1CN(C1CCC(=O)NC1=O)C2=O. The Labute approximate surface area is 139 Å². The van der Waals surface area contributed by atoms with E-state index in [0.29, 0.717) is 24.9 Å². The molecule has 3 rings (SSSR count). The van der Waals surface area contributed by atoms with E-state index < -0.39 is 11.9 Å². The quantitative estimate of drug-likeness (QED) is 0.661. The van der Waals surface area contributed by atoms with Crippen LogP contribution in [-0.2, 0) is 27.3 Å². The highest BCUT2D eigenvalue weighted by atomic mass is 16.2. The molecule has 0 aromatic heterocycles. The van der Waals surface area contributed by atoms with Gasteiger partial charge in [0.05, 0.1) is 0 Å². The van der Waals surface area contributed by atoms with Crippen molar-refractivity contribution < 1.29 is 19.2 Å². The van der Waals surface area contributed by atoms with Gasteiger partial charge in [0.1, 0.15) is 12.0 Å². The van der Waals surface area contributed by atoms with Gasteiger partial charge in [0.2, 0.25) is 11.8 Å². The number of amides is 3. The first-order valence-corrected chi connectivity index (χ1v) is 7.97. The van der Waals surface area contributed by atoms with E-state index in [1.807, 2.05) is 19.1 Å². The van der Waals surface area contributed by atoms with Gasteiger partial charge in [0, 0.05) is 24.6 Å². The highest BCUT2D eigenvalue weighted by Gasteiger charge is 2.39. The second-order valence-corrected chi connectivity index (χ2v) is 6.31. The molecule has 2 atom stereocenters. The number of carbonyl (C=O) groups is 3. The number of carbonyl (C=O) groups excluding carboxylic acids is 4. The number of nitrogens with zero attached hydrogens (tertiary/aromatic N) is 1. The number of hydrogen-bond donors (Lipinski definition) is 1. The number of imide groups is 1. The van der Waals surface area contributed by atoms with E-state index in [2.05, 4.69) is 5.32 Å². The van der Waals surface area contributed by atoms with Gasteiger partial charge >= 0.3 is 0 Å². The van der Waals surface area contributed by atoms with Crippen LogP contribution in [0.1, 0.15) is 41.3 Å². The highest BCUT2D eigenvalue weighted by Crippen LogP contribution is 2.30. The third kappa shape index (κ3) is 2.88. The van der Waals surface area contributed by atoms with Crippen molar-refractivity contribution in [3.05, 3.63) is 41.0 Å². The van der Waals surface area contributed by atoms with Crippen LogP contribution < -0.4 is 5.32 Å². The van der Waals surface area contributed by atoms with Gasteiger partial charge < -0.3 is 4.90 Å². The molecule has 124 valence electrons. The van der Waals surface area contributed by atoms with E-state index >= 15 is 0 Å². The van der Waals surface area contributed by atoms with E-state index in [-0.39, 0.29) is 24.2 Å². The molecule has 1 N–H and O–H groups in total. The molecule has 0 bridgehead atoms. The maximum absolute atomic E-state index is 12.7. The van der Waals surface area contributed by atoms with Gasteiger partial charge in [-0.3, -0.25) is 19.7 Å². The first-order valence-electron chi connectivity index (χ1n) is 7.97. The van der Waals surface area contributed by atoms with E-state index in [1.54, 1.807) is 12.0 Å². The lowest BCUT2D eigenvalue weighted by atomic mass is 9.95. The molecule has 0 spiro atoms. The van der Waals surface area contributed by atoms with Crippen LogP contribution in [0, 0.1) is 5.92 Å². The first kappa shape index (κ1) is 16.1. The zero-order chi connectivity index (χ0) is 17.3. The minimum absolute atomic E-state index is 0.0220. The molecule has 0 radical (unpaired) electrons. The largest absolute Gasteiger partial charge is 0.322 e. The van der Waals surface area contributed by atoms with Crippen molar-refractivity contribution in [2.45, 2.75) is 38.8 Å². The molecule has 0 saturated carbocycles. The van der Waals surface area contributed by atoms with E-state index in [4.69, 9.17) is 0 Å². The van der Waals surface area contributed by atoms with Crippen LogP contribution in [0.3, 0.4) is 0 Å². The Bertz CT molecular complexity index is 764. The van der Waals surface area contributed by atoms with Gasteiger partial charge in [-0.15, -0.1) is 0 Å². The Morgan fingerprint density at radius 1 is 1.38 bits per heavy atom. The number of piperidine rings is 1. The summed E-state index contributed by atoms with van der Waals surface area (Å²) in [5, 5.41) is 2.30. The van der Waals surface area contributed by atoms with Crippen LogP contribution in [-0.4, -0.2) is 34.6 Å². The molecule has 2 aliphatic rings. The fraction of sp³-hybridized carbons (Fsp3) is 0.389. The summed E-state index contributed by atoms with van der Waals surface area (Å²) >= 11 is 0. The molecule has 2 heterocycles. The minimum atomic E-state index is -0.609. The van der Waals surface area contributed by atoms with Crippen molar-refractivity contribution >= 4 is 23.7 Å². The van der Waals surface area contributed by atoms with Crippen molar-refractivity contribution in [2.24, 2.45) is 5.92 Å². The van der Waals surface area contributed by atoms with E-state index in [1.165, 1.54) is 11.0 Å². The molecular weight excluding hydrogens is 308 g/mol. The molecule has 1 saturated heterocycles. The third-order valence-corrected chi connectivity index (χ3v) is 4.57. The van der Waals surface area contributed by atoms with Gasteiger partial charge in [-0.2, -0.15) is 0 Å². The molecule has 3 amide bonds. The molecule has 6 nitrogen and oxygen atoms in total. The second-order valence-electron chi connectivity index (χ2n) is 6.31. The molecule has 2 aliphatic heterocycles. The summed E-state index contributed by atoms with van der Waals surface area (Å²) in [5.41, 5.74) is 2.49. The third-order valence-electron chi connectivity index (χ3n) is 4.57. The maximum Gasteiger partial charge on any atom is 0.255 e. The molecule has 1 fully saturated rings. The van der Waals surface area contributed by atoms with Crippen LogP contribution in [0.2, 0.25) is 0 Å². The van der Waals surface area contributed by atoms with E-state index in [0.717, 1.165) is 11.1 Å². The number of fused-ring (bicyclic) bond motifs is 1. The lowest BCUT2D eigenvalue weighted by Gasteiger charge is -2.29. The molecule has 24 heavy (non-hydrogen) atoms. The molecule has 1 aromatic rings.